The third-order valence-corrected chi connectivity index (χ3v) is 16.1. The number of aliphatic hydroxyl groups is 1. The molecule has 2 aliphatic heterocycles. The van der Waals surface area contributed by atoms with Crippen LogP contribution in [0.25, 0.3) is 22.0 Å². The predicted octanol–water partition coefficient (Wildman–Crippen LogP) is 5.03. The number of carbonyl (C=O) groups is 2. The summed E-state index contributed by atoms with van der Waals surface area (Å²) in [5.74, 6) is 1.34. The van der Waals surface area contributed by atoms with Gasteiger partial charge in [-0.1, -0.05) is 41.6 Å². The van der Waals surface area contributed by atoms with E-state index in [9.17, 15) is 19.8 Å². The number of aryl methyl sites for hydroxylation is 1. The molecule has 0 unspecified atom stereocenters. The van der Waals surface area contributed by atoms with Crippen LogP contribution >= 0.6 is 0 Å². The van der Waals surface area contributed by atoms with E-state index in [-0.39, 0.29) is 17.2 Å². The van der Waals surface area contributed by atoms with Crippen LogP contribution in [0, 0.1) is 17.3 Å². The highest BCUT2D eigenvalue weighted by Crippen LogP contribution is 2.66. The molecule has 2 aromatic heterocycles. The van der Waals surface area contributed by atoms with Crippen LogP contribution in [0.4, 0.5) is 0 Å². The predicted molar refractivity (Wildman–Crippen MR) is 249 cm³/mol. The van der Waals surface area contributed by atoms with E-state index in [0.717, 1.165) is 146 Å². The third kappa shape index (κ3) is 8.17. The Kier molecular flexibility index (Phi) is 12.3. The first-order valence-electron chi connectivity index (χ1n) is 24.3. The number of carbonyl (C=O) groups excluding carboxylic acids is 2. The molecule has 65 heavy (non-hydrogen) atoms. The molecule has 2 amide bonds. The van der Waals surface area contributed by atoms with Crippen molar-refractivity contribution >= 4 is 22.6 Å². The van der Waals surface area contributed by atoms with E-state index in [1.807, 2.05) is 65.1 Å². The fraction of sp³-hybridized carbons (Fsp3) is 0.560. The van der Waals surface area contributed by atoms with E-state index in [1.165, 1.54) is 16.0 Å². The second-order valence-electron chi connectivity index (χ2n) is 19.5. The Labute approximate surface area is 381 Å². The second kappa shape index (κ2) is 18.3. The number of fused-ring (bicyclic) bond motifs is 5. The second-order valence-corrected chi connectivity index (χ2v) is 19.5. The van der Waals surface area contributed by atoms with Crippen LogP contribution in [0.5, 0.6) is 5.75 Å². The van der Waals surface area contributed by atoms with E-state index in [0.29, 0.717) is 53.1 Å². The average molecular weight is 884 g/mol. The van der Waals surface area contributed by atoms with Crippen LogP contribution in [-0.2, 0) is 25.1 Å². The lowest BCUT2D eigenvalue weighted by Gasteiger charge is -2.52. The van der Waals surface area contributed by atoms with Gasteiger partial charge in [0.25, 0.3) is 11.8 Å². The summed E-state index contributed by atoms with van der Waals surface area (Å²) >= 11 is 0. The van der Waals surface area contributed by atoms with Crippen molar-refractivity contribution < 1.29 is 19.8 Å². The molecule has 0 radical (unpaired) electrons. The monoisotopic (exact) mass is 884 g/mol. The molecule has 0 bridgehead atoms. The number of aromatic hydroxyl groups is 1. The van der Waals surface area contributed by atoms with E-state index in [4.69, 9.17) is 0 Å². The van der Waals surface area contributed by atoms with Crippen molar-refractivity contribution in [3.05, 3.63) is 88.9 Å². The molecule has 15 nitrogen and oxygen atoms in total. The topological polar surface area (TPSA) is 170 Å². The lowest BCUT2D eigenvalue weighted by Crippen LogP contribution is -2.49. The molecule has 1 saturated heterocycles. The first kappa shape index (κ1) is 43.8. The van der Waals surface area contributed by atoms with Crippen LogP contribution in [0.1, 0.15) is 102 Å². The summed E-state index contributed by atoms with van der Waals surface area (Å²) in [5, 5.41) is 49.8. The number of amides is 2. The maximum absolute atomic E-state index is 13.1. The van der Waals surface area contributed by atoms with Crippen LogP contribution < -0.4 is 10.6 Å². The van der Waals surface area contributed by atoms with E-state index >= 15 is 0 Å². The van der Waals surface area contributed by atoms with Crippen molar-refractivity contribution in [3.8, 4) is 17.0 Å². The van der Waals surface area contributed by atoms with Crippen LogP contribution in [0.3, 0.4) is 0 Å². The quantitative estimate of drug-likeness (QED) is 0.146. The molecule has 2 saturated carbocycles. The number of rotatable bonds is 9. The first-order chi connectivity index (χ1) is 31.6. The largest absolute Gasteiger partial charge is 0.508 e. The molecule has 3 aliphatic carbocycles. The fourth-order valence-electron chi connectivity index (χ4n) is 12.5. The van der Waals surface area contributed by atoms with Gasteiger partial charge in [0.2, 0.25) is 0 Å². The van der Waals surface area contributed by atoms with Crippen LogP contribution in [0.2, 0.25) is 0 Å². The van der Waals surface area contributed by atoms with E-state index < -0.39 is 5.60 Å². The third-order valence-electron chi connectivity index (χ3n) is 16.1. The molecule has 4 N–H and O–H groups in total. The van der Waals surface area contributed by atoms with Crippen molar-refractivity contribution in [2.75, 3.05) is 72.0 Å². The number of nitrogens with one attached hydrogen (secondary N) is 2. The summed E-state index contributed by atoms with van der Waals surface area (Å²) < 4.78 is 3.85. The molecule has 15 heteroatoms. The Bertz CT molecular complexity index is 2500. The number of hydrogen-bond donors (Lipinski definition) is 4. The number of hydrogen-bond acceptors (Lipinski definition) is 12. The molecule has 5 atom stereocenters. The molecule has 10 rings (SSSR count). The minimum atomic E-state index is -0.976. The van der Waals surface area contributed by atoms with Gasteiger partial charge in [-0.3, -0.25) is 23.9 Å². The van der Waals surface area contributed by atoms with Gasteiger partial charge < -0.3 is 30.6 Å². The Hall–Kier alpha value is -5.06. The zero-order chi connectivity index (χ0) is 44.7. The Morgan fingerprint density at radius 3 is 2.18 bits per heavy atom. The number of nitrogens with zero attached hydrogens (tertiary/aromatic N) is 9. The van der Waals surface area contributed by atoms with E-state index in [1.54, 1.807) is 6.07 Å². The summed E-state index contributed by atoms with van der Waals surface area (Å²) in [6.07, 6.45) is 12.0. The number of phenols is 1. The van der Waals surface area contributed by atoms with Gasteiger partial charge in [0, 0.05) is 73.3 Å². The molecule has 344 valence electrons. The summed E-state index contributed by atoms with van der Waals surface area (Å²) in [7, 11) is 0. The minimum Gasteiger partial charge on any atom is -0.508 e. The van der Waals surface area contributed by atoms with Gasteiger partial charge in [0.1, 0.15) is 22.7 Å². The number of benzene rings is 3. The van der Waals surface area contributed by atoms with Gasteiger partial charge >= 0.3 is 0 Å². The number of phenolic OH excluding ortho intramolecular Hbond substituents is 1. The van der Waals surface area contributed by atoms with Crippen molar-refractivity contribution in [1.82, 2.24) is 55.3 Å². The maximum atomic E-state index is 13.1. The zero-order valence-corrected chi connectivity index (χ0v) is 38.1. The van der Waals surface area contributed by atoms with Crippen molar-refractivity contribution in [1.29, 1.82) is 0 Å². The van der Waals surface area contributed by atoms with Gasteiger partial charge in [-0.15, -0.1) is 10.2 Å². The molecule has 0 spiro atoms. The molecule has 3 fully saturated rings. The number of imide groups is 1. The standard InChI is InChI=1S/C50H65N11O4/c1-3-61-47(63)41-8-4-7-40-39(13-14-42(46(40)41)48(61)64)44-32-59(55-53-44)29-27-57-23-5-19-52-22-26-58(24-6-20-51-21-25-57)28-30-60-33-45(54-56-60)50(65)18-16-43-38-11-9-34-31-35(62)10-12-36(34)37(38)15-17-49(43,50)2/h4,7-8,10,12-14,31-33,37-38,43,51-52,62,65H,3,5-6,9,11,15-30H2,1-2H3/t37-,38-,43+,49+,50-/m1/s1. The SMILES string of the molecule is CCN1C(=O)c2cccc3c(-c4cn(CCN5CCCNCCN(CCn6cc([C@]7(O)CC[C@H]8[C@@H]9CCc%10cc(O)ccc%10[C@H]9CC[C@@]87C)nn6)CCCNCC5)nn4)ccc(c23)C1=O. The summed E-state index contributed by atoms with van der Waals surface area (Å²) in [5.41, 5.74) is 4.93. The molecule has 5 aliphatic rings. The Balaban J connectivity index is 0.699. The smallest absolute Gasteiger partial charge is 0.261 e. The molecule has 4 heterocycles. The van der Waals surface area contributed by atoms with Gasteiger partial charge in [-0.05, 0) is 143 Å². The van der Waals surface area contributed by atoms with Gasteiger partial charge in [0.15, 0.2) is 0 Å². The Morgan fingerprint density at radius 1 is 0.754 bits per heavy atom. The molecular formula is C50H65N11O4. The lowest BCUT2D eigenvalue weighted by atomic mass is 9.53. The van der Waals surface area contributed by atoms with Gasteiger partial charge in [-0.25, -0.2) is 0 Å². The lowest BCUT2D eigenvalue weighted by molar-refractivity contribution is -0.111. The Morgan fingerprint density at radius 2 is 1.45 bits per heavy atom. The normalized spacial score (nSPS) is 27.1. The van der Waals surface area contributed by atoms with E-state index in [2.05, 4.69) is 54.0 Å². The first-order valence-corrected chi connectivity index (χ1v) is 24.3. The van der Waals surface area contributed by atoms with Crippen molar-refractivity contribution in [3.63, 3.8) is 0 Å². The van der Waals surface area contributed by atoms with Crippen molar-refractivity contribution in [2.45, 2.75) is 89.8 Å². The summed E-state index contributed by atoms with van der Waals surface area (Å²) in [4.78, 5) is 32.6. The molecule has 3 aromatic carbocycles. The summed E-state index contributed by atoms with van der Waals surface area (Å²) in [6.45, 7) is 15.2. The van der Waals surface area contributed by atoms with Gasteiger partial charge in [-0.2, -0.15) is 0 Å². The summed E-state index contributed by atoms with van der Waals surface area (Å²) in [6, 6.07) is 15.3. The number of aromatic nitrogens is 6. The van der Waals surface area contributed by atoms with Crippen molar-refractivity contribution in [2.24, 2.45) is 17.3 Å². The highest BCUT2D eigenvalue weighted by molar-refractivity contribution is 6.26. The maximum Gasteiger partial charge on any atom is 0.261 e. The molecule has 5 aromatic rings. The zero-order valence-electron chi connectivity index (χ0n) is 38.1. The minimum absolute atomic E-state index is 0.234. The highest BCUT2D eigenvalue weighted by Gasteiger charge is 2.63. The molecular weight excluding hydrogens is 819 g/mol. The highest BCUT2D eigenvalue weighted by atomic mass is 16.3. The van der Waals surface area contributed by atoms with Crippen LogP contribution in [0.15, 0.2) is 60.9 Å². The van der Waals surface area contributed by atoms with Gasteiger partial charge in [0.05, 0.1) is 25.5 Å². The fourth-order valence-corrected chi connectivity index (χ4v) is 12.5. The average Bonchev–Trinajstić information content (AvgIpc) is 4.06. The van der Waals surface area contributed by atoms with Crippen LogP contribution in [-0.4, -0.2) is 139 Å².